The predicted octanol–water partition coefficient (Wildman–Crippen LogP) is 1.39. The number of carbonyl (C=O) groups excluding carboxylic acids is 1. The summed E-state index contributed by atoms with van der Waals surface area (Å²) in [5.41, 5.74) is 1.06. The molecule has 1 fully saturated rings. The van der Waals surface area contributed by atoms with Gasteiger partial charge in [0.2, 0.25) is 0 Å². The number of urea groups is 1. The summed E-state index contributed by atoms with van der Waals surface area (Å²) in [6, 6.07) is -0.535. The quantitative estimate of drug-likeness (QED) is 0.803. The normalized spacial score (nSPS) is 21.6. The van der Waals surface area contributed by atoms with Crippen LogP contribution in [0.15, 0.2) is 11.8 Å². The zero-order chi connectivity index (χ0) is 16.0. The highest BCUT2D eigenvalue weighted by atomic mass is 32.2. The summed E-state index contributed by atoms with van der Waals surface area (Å²) in [6.07, 6.45) is 2.18. The summed E-state index contributed by atoms with van der Waals surface area (Å²) in [5, 5.41) is 2.75. The van der Waals surface area contributed by atoms with E-state index in [1.165, 1.54) is 0 Å². The maximum atomic E-state index is 12.3. The molecule has 1 heterocycles. The molecule has 0 bridgehead atoms. The van der Waals surface area contributed by atoms with Crippen molar-refractivity contribution in [2.75, 3.05) is 31.8 Å². The minimum atomic E-state index is -3.02. The molecular weight excluding hydrogens is 292 g/mol. The summed E-state index contributed by atoms with van der Waals surface area (Å²) < 4.78 is 28.2. The number of amides is 2. The summed E-state index contributed by atoms with van der Waals surface area (Å²) in [5.74, 6) is 0.538. The lowest BCUT2D eigenvalue weighted by Crippen LogP contribution is -2.47. The molecule has 0 aromatic heterocycles. The molecule has 6 nitrogen and oxygen atoms in total. The standard InChI is InChI=1S/C14H26N2O4S/c1-11(2)12(3)9-15-14(17)16(6-7-20-4)13-5-8-21(18,19)10-13/h9,11,13H,5-8,10H2,1-4H3,(H,15,17)/b12-9+. The zero-order valence-corrected chi connectivity index (χ0v) is 14.1. The molecule has 0 saturated carbocycles. The maximum absolute atomic E-state index is 12.3. The van der Waals surface area contributed by atoms with Gasteiger partial charge in [0, 0.05) is 25.9 Å². The number of methoxy groups -OCH3 is 1. The largest absolute Gasteiger partial charge is 0.383 e. The van der Waals surface area contributed by atoms with Gasteiger partial charge in [-0.3, -0.25) is 0 Å². The van der Waals surface area contributed by atoms with E-state index < -0.39 is 9.84 Å². The number of hydrogen-bond acceptors (Lipinski definition) is 4. The first-order valence-electron chi connectivity index (χ1n) is 7.20. The molecular formula is C14H26N2O4S. The van der Waals surface area contributed by atoms with Crippen LogP contribution in [0, 0.1) is 5.92 Å². The number of ether oxygens (including phenoxy) is 1. The Morgan fingerprint density at radius 2 is 2.14 bits per heavy atom. The molecule has 0 aromatic carbocycles. The molecule has 1 unspecified atom stereocenters. The Morgan fingerprint density at radius 1 is 1.48 bits per heavy atom. The SMILES string of the molecule is COCCN(C(=O)N/C=C(\C)C(C)C)C1CCS(=O)(=O)C1. The van der Waals surface area contributed by atoms with Crippen LogP contribution in [0.25, 0.3) is 0 Å². The summed E-state index contributed by atoms with van der Waals surface area (Å²) in [6.45, 7) is 6.81. The van der Waals surface area contributed by atoms with Crippen molar-refractivity contribution in [1.82, 2.24) is 10.2 Å². The van der Waals surface area contributed by atoms with Crippen molar-refractivity contribution in [2.45, 2.75) is 33.2 Å². The lowest BCUT2D eigenvalue weighted by atomic mass is 10.1. The van der Waals surface area contributed by atoms with E-state index in [1.807, 2.05) is 20.8 Å². The Morgan fingerprint density at radius 3 is 2.62 bits per heavy atom. The first-order chi connectivity index (χ1) is 9.76. The van der Waals surface area contributed by atoms with Gasteiger partial charge in [-0.2, -0.15) is 0 Å². The smallest absolute Gasteiger partial charge is 0.321 e. The highest BCUT2D eigenvalue weighted by Crippen LogP contribution is 2.18. The molecule has 1 rings (SSSR count). The molecule has 1 N–H and O–H groups in total. The van der Waals surface area contributed by atoms with Gasteiger partial charge in [0.05, 0.1) is 18.1 Å². The second kappa shape index (κ2) is 7.79. The van der Waals surface area contributed by atoms with E-state index >= 15 is 0 Å². The highest BCUT2D eigenvalue weighted by Gasteiger charge is 2.34. The second-order valence-corrected chi connectivity index (χ2v) is 7.96. The summed E-state index contributed by atoms with van der Waals surface area (Å²) >= 11 is 0. The van der Waals surface area contributed by atoms with E-state index in [9.17, 15) is 13.2 Å². The van der Waals surface area contributed by atoms with E-state index in [4.69, 9.17) is 4.74 Å². The Labute approximate surface area is 127 Å². The van der Waals surface area contributed by atoms with Crippen LogP contribution < -0.4 is 5.32 Å². The number of nitrogens with zero attached hydrogens (tertiary/aromatic N) is 1. The van der Waals surface area contributed by atoms with Crippen LogP contribution in [0.3, 0.4) is 0 Å². The van der Waals surface area contributed by atoms with Gasteiger partial charge in [0.25, 0.3) is 0 Å². The van der Waals surface area contributed by atoms with Crippen molar-refractivity contribution in [1.29, 1.82) is 0 Å². The topological polar surface area (TPSA) is 75.7 Å². The lowest BCUT2D eigenvalue weighted by molar-refractivity contribution is 0.135. The van der Waals surface area contributed by atoms with Crippen LogP contribution in [0.1, 0.15) is 27.2 Å². The Hall–Kier alpha value is -1.08. The molecule has 7 heteroatoms. The third-order valence-electron chi connectivity index (χ3n) is 3.78. The van der Waals surface area contributed by atoms with Crippen LogP contribution in [0.4, 0.5) is 4.79 Å². The monoisotopic (exact) mass is 318 g/mol. The van der Waals surface area contributed by atoms with Gasteiger partial charge in [-0.1, -0.05) is 19.4 Å². The lowest BCUT2D eigenvalue weighted by Gasteiger charge is -2.27. The Bertz CT molecular complexity index is 485. The molecule has 1 aliphatic heterocycles. The van der Waals surface area contributed by atoms with Gasteiger partial charge in [0.1, 0.15) is 0 Å². The third kappa shape index (κ3) is 5.67. The zero-order valence-electron chi connectivity index (χ0n) is 13.3. The fourth-order valence-electron chi connectivity index (χ4n) is 2.09. The van der Waals surface area contributed by atoms with Crippen LogP contribution in [0.5, 0.6) is 0 Å². The minimum absolute atomic E-state index is 0.0387. The van der Waals surface area contributed by atoms with Gasteiger partial charge in [-0.25, -0.2) is 13.2 Å². The fraction of sp³-hybridized carbons (Fsp3) is 0.786. The number of hydrogen-bond donors (Lipinski definition) is 1. The minimum Gasteiger partial charge on any atom is -0.383 e. The Balaban J connectivity index is 2.73. The van der Waals surface area contributed by atoms with E-state index in [1.54, 1.807) is 18.2 Å². The van der Waals surface area contributed by atoms with Crippen LogP contribution in [-0.4, -0.2) is 57.2 Å². The van der Waals surface area contributed by atoms with Gasteiger partial charge in [0.15, 0.2) is 9.84 Å². The van der Waals surface area contributed by atoms with Gasteiger partial charge < -0.3 is 15.0 Å². The molecule has 0 spiro atoms. The van der Waals surface area contributed by atoms with E-state index in [-0.39, 0.29) is 23.6 Å². The van der Waals surface area contributed by atoms with Crippen LogP contribution in [-0.2, 0) is 14.6 Å². The van der Waals surface area contributed by atoms with Crippen molar-refractivity contribution in [3.63, 3.8) is 0 Å². The molecule has 1 saturated heterocycles. The van der Waals surface area contributed by atoms with Crippen LogP contribution in [0.2, 0.25) is 0 Å². The molecule has 0 aromatic rings. The average molecular weight is 318 g/mol. The molecule has 21 heavy (non-hydrogen) atoms. The summed E-state index contributed by atoms with van der Waals surface area (Å²) in [7, 11) is -1.46. The van der Waals surface area contributed by atoms with Crippen molar-refractivity contribution in [2.24, 2.45) is 5.92 Å². The van der Waals surface area contributed by atoms with Crippen molar-refractivity contribution >= 4 is 15.9 Å². The third-order valence-corrected chi connectivity index (χ3v) is 5.53. The Kier molecular flexibility index (Phi) is 6.67. The van der Waals surface area contributed by atoms with E-state index in [0.29, 0.717) is 25.5 Å². The van der Waals surface area contributed by atoms with Gasteiger partial charge in [-0.05, 0) is 19.3 Å². The average Bonchev–Trinajstić information content (AvgIpc) is 2.76. The van der Waals surface area contributed by atoms with Gasteiger partial charge >= 0.3 is 6.03 Å². The molecule has 0 radical (unpaired) electrons. The molecule has 0 aliphatic carbocycles. The van der Waals surface area contributed by atoms with Crippen LogP contribution >= 0.6 is 0 Å². The second-order valence-electron chi connectivity index (χ2n) is 5.74. The van der Waals surface area contributed by atoms with E-state index in [0.717, 1.165) is 5.57 Å². The fourth-order valence-corrected chi connectivity index (χ4v) is 3.82. The summed E-state index contributed by atoms with van der Waals surface area (Å²) in [4.78, 5) is 13.9. The van der Waals surface area contributed by atoms with Gasteiger partial charge in [-0.15, -0.1) is 0 Å². The number of rotatable bonds is 6. The first kappa shape index (κ1) is 18.0. The molecule has 122 valence electrons. The predicted molar refractivity (Wildman–Crippen MR) is 82.8 cm³/mol. The van der Waals surface area contributed by atoms with Crippen molar-refractivity contribution in [3.8, 4) is 0 Å². The molecule has 2 amide bonds. The number of allylic oxidation sites excluding steroid dienone is 1. The number of nitrogens with one attached hydrogen (secondary N) is 1. The van der Waals surface area contributed by atoms with Crippen molar-refractivity contribution in [3.05, 3.63) is 11.8 Å². The number of carbonyl (C=O) groups is 1. The van der Waals surface area contributed by atoms with Crippen molar-refractivity contribution < 1.29 is 17.9 Å². The first-order valence-corrected chi connectivity index (χ1v) is 9.02. The number of sulfone groups is 1. The highest BCUT2D eigenvalue weighted by molar-refractivity contribution is 7.91. The maximum Gasteiger partial charge on any atom is 0.321 e. The molecule has 1 atom stereocenters. The van der Waals surface area contributed by atoms with E-state index in [2.05, 4.69) is 5.32 Å². The molecule has 1 aliphatic rings.